The highest BCUT2D eigenvalue weighted by Gasteiger charge is 2.27. The van der Waals surface area contributed by atoms with Crippen LogP contribution in [0.15, 0.2) is 42.5 Å². The van der Waals surface area contributed by atoms with Crippen molar-refractivity contribution in [3.63, 3.8) is 0 Å². The number of halogens is 2. The number of hydrogen-bond acceptors (Lipinski definition) is 3. The van der Waals surface area contributed by atoms with Gasteiger partial charge in [-0.25, -0.2) is 0 Å². The monoisotopic (exact) mass is 450 g/mol. The van der Waals surface area contributed by atoms with Crippen molar-refractivity contribution in [3.8, 4) is 5.75 Å². The molecule has 0 spiro atoms. The summed E-state index contributed by atoms with van der Waals surface area (Å²) in [7, 11) is 0. The molecule has 0 aliphatic carbocycles. The Kier molecular flexibility index (Phi) is 9.00. The van der Waals surface area contributed by atoms with Crippen LogP contribution in [0.4, 0.5) is 0 Å². The van der Waals surface area contributed by atoms with E-state index >= 15 is 0 Å². The van der Waals surface area contributed by atoms with E-state index in [0.29, 0.717) is 21.4 Å². The summed E-state index contributed by atoms with van der Waals surface area (Å²) in [6.45, 7) is 7.57. The van der Waals surface area contributed by atoms with Gasteiger partial charge >= 0.3 is 0 Å². The van der Waals surface area contributed by atoms with Crippen LogP contribution in [-0.4, -0.2) is 35.4 Å². The topological polar surface area (TPSA) is 58.6 Å². The molecule has 162 valence electrons. The molecular formula is C23H28Cl2N2O3. The highest BCUT2D eigenvalue weighted by atomic mass is 35.5. The van der Waals surface area contributed by atoms with E-state index in [1.807, 2.05) is 45.0 Å². The summed E-state index contributed by atoms with van der Waals surface area (Å²) in [5.41, 5.74) is 1.80. The van der Waals surface area contributed by atoms with Crippen LogP contribution in [0.5, 0.6) is 5.75 Å². The molecule has 0 saturated heterocycles. The average Bonchev–Trinajstić information content (AvgIpc) is 2.72. The summed E-state index contributed by atoms with van der Waals surface area (Å²) in [6.07, 6.45) is 0.798. The second-order valence-corrected chi connectivity index (χ2v) is 8.20. The Morgan fingerprint density at radius 2 is 1.77 bits per heavy atom. The van der Waals surface area contributed by atoms with Gasteiger partial charge in [0.1, 0.15) is 11.8 Å². The molecule has 0 saturated carbocycles. The van der Waals surface area contributed by atoms with Gasteiger partial charge in [-0.3, -0.25) is 9.59 Å². The molecule has 0 aliphatic rings. The second-order valence-electron chi connectivity index (χ2n) is 7.35. The van der Waals surface area contributed by atoms with E-state index in [2.05, 4.69) is 5.32 Å². The zero-order valence-electron chi connectivity index (χ0n) is 17.7. The minimum Gasteiger partial charge on any atom is -0.484 e. The molecule has 2 amide bonds. The summed E-state index contributed by atoms with van der Waals surface area (Å²) in [5, 5.41) is 3.87. The van der Waals surface area contributed by atoms with Crippen LogP contribution in [0.25, 0.3) is 0 Å². The molecule has 1 N–H and O–H groups in total. The normalized spacial score (nSPS) is 12.7. The van der Waals surface area contributed by atoms with Gasteiger partial charge in [0, 0.05) is 22.6 Å². The lowest BCUT2D eigenvalue weighted by Gasteiger charge is -2.30. The molecule has 7 heteroatoms. The molecule has 5 nitrogen and oxygen atoms in total. The molecule has 0 bridgehead atoms. The van der Waals surface area contributed by atoms with Gasteiger partial charge in [0.05, 0.1) is 0 Å². The third-order valence-corrected chi connectivity index (χ3v) is 5.49. The number of rotatable bonds is 9. The molecule has 0 radical (unpaired) electrons. The van der Waals surface area contributed by atoms with Crippen molar-refractivity contribution >= 4 is 35.0 Å². The fourth-order valence-electron chi connectivity index (χ4n) is 2.74. The first kappa shape index (κ1) is 24.0. The number of ether oxygens (including phenoxy) is 1. The molecule has 0 aromatic heterocycles. The van der Waals surface area contributed by atoms with Gasteiger partial charge in [0.15, 0.2) is 6.61 Å². The highest BCUT2D eigenvalue weighted by molar-refractivity contribution is 6.35. The molecule has 2 aromatic carbocycles. The summed E-state index contributed by atoms with van der Waals surface area (Å²) >= 11 is 12.3. The number of nitrogens with zero attached hydrogens (tertiary/aromatic N) is 1. The first-order valence-corrected chi connectivity index (χ1v) is 10.7. The molecule has 2 rings (SSSR count). The number of carbonyl (C=O) groups is 2. The van der Waals surface area contributed by atoms with E-state index in [0.717, 1.165) is 12.0 Å². The lowest BCUT2D eigenvalue weighted by molar-refractivity contribution is -0.142. The predicted molar refractivity (Wildman–Crippen MR) is 121 cm³/mol. The third kappa shape index (κ3) is 6.92. The molecule has 0 heterocycles. The van der Waals surface area contributed by atoms with Gasteiger partial charge < -0.3 is 15.0 Å². The molecule has 0 fully saturated rings. The Balaban J connectivity index is 2.18. The molecule has 0 aliphatic heterocycles. The molecular weight excluding hydrogens is 423 g/mol. The maximum absolute atomic E-state index is 13.0. The van der Waals surface area contributed by atoms with E-state index < -0.39 is 6.04 Å². The van der Waals surface area contributed by atoms with Crippen molar-refractivity contribution in [3.05, 3.63) is 63.6 Å². The van der Waals surface area contributed by atoms with Crippen LogP contribution >= 0.6 is 23.2 Å². The summed E-state index contributed by atoms with van der Waals surface area (Å²) in [5.74, 6) is 0.0571. The quantitative estimate of drug-likeness (QED) is 0.583. The smallest absolute Gasteiger partial charge is 0.261 e. The number of carbonyl (C=O) groups excluding carboxylic acids is 2. The second kappa shape index (κ2) is 11.2. The molecule has 2 aromatic rings. The summed E-state index contributed by atoms with van der Waals surface area (Å²) < 4.78 is 5.65. The number of hydrogen-bond donors (Lipinski definition) is 1. The van der Waals surface area contributed by atoms with Gasteiger partial charge in [-0.2, -0.15) is 0 Å². The van der Waals surface area contributed by atoms with E-state index in [9.17, 15) is 9.59 Å². The van der Waals surface area contributed by atoms with E-state index in [4.69, 9.17) is 27.9 Å². The minimum atomic E-state index is -0.695. The number of nitrogens with one attached hydrogen (secondary N) is 1. The number of amides is 2. The van der Waals surface area contributed by atoms with Gasteiger partial charge in [0.2, 0.25) is 5.91 Å². The van der Waals surface area contributed by atoms with Crippen molar-refractivity contribution in [2.75, 3.05) is 6.61 Å². The van der Waals surface area contributed by atoms with Crippen LogP contribution in [0.2, 0.25) is 10.0 Å². The third-order valence-electron chi connectivity index (χ3n) is 4.91. The Labute approximate surface area is 188 Å². The van der Waals surface area contributed by atoms with Crippen molar-refractivity contribution < 1.29 is 14.3 Å². The van der Waals surface area contributed by atoms with E-state index in [1.54, 1.807) is 25.1 Å². The Bertz CT molecular complexity index is 871. The fourth-order valence-corrected chi connectivity index (χ4v) is 3.21. The molecule has 2 atom stereocenters. The van der Waals surface area contributed by atoms with Gasteiger partial charge in [-0.1, -0.05) is 53.9 Å². The zero-order chi connectivity index (χ0) is 22.3. The van der Waals surface area contributed by atoms with Crippen LogP contribution < -0.4 is 10.1 Å². The number of benzene rings is 2. The SMILES string of the molecule is CC[C@H](C)NC(=O)[C@@H](C)N(Cc1ccc(Cl)cc1Cl)C(=O)COc1ccc(C)cc1. The van der Waals surface area contributed by atoms with Crippen molar-refractivity contribution in [1.29, 1.82) is 0 Å². The van der Waals surface area contributed by atoms with Crippen LogP contribution in [-0.2, 0) is 16.1 Å². The van der Waals surface area contributed by atoms with Crippen LogP contribution in [0.1, 0.15) is 38.3 Å². The Morgan fingerprint density at radius 3 is 2.37 bits per heavy atom. The van der Waals surface area contributed by atoms with E-state index in [-0.39, 0.29) is 31.0 Å². The van der Waals surface area contributed by atoms with Crippen LogP contribution in [0.3, 0.4) is 0 Å². The van der Waals surface area contributed by atoms with Gasteiger partial charge in [0.25, 0.3) is 5.91 Å². The lowest BCUT2D eigenvalue weighted by Crippen LogP contribution is -2.50. The average molecular weight is 451 g/mol. The van der Waals surface area contributed by atoms with Crippen LogP contribution in [0, 0.1) is 6.92 Å². The van der Waals surface area contributed by atoms with Gasteiger partial charge in [-0.15, -0.1) is 0 Å². The number of aryl methyl sites for hydroxylation is 1. The Hall–Kier alpha value is -2.24. The first-order chi connectivity index (χ1) is 14.2. The van der Waals surface area contributed by atoms with Gasteiger partial charge in [-0.05, 0) is 57.0 Å². The summed E-state index contributed by atoms with van der Waals surface area (Å²) in [4.78, 5) is 27.2. The zero-order valence-corrected chi connectivity index (χ0v) is 19.3. The fraction of sp³-hybridized carbons (Fsp3) is 0.391. The van der Waals surface area contributed by atoms with E-state index in [1.165, 1.54) is 4.90 Å². The largest absolute Gasteiger partial charge is 0.484 e. The first-order valence-electron chi connectivity index (χ1n) is 9.94. The standard InChI is InChI=1S/C23H28Cl2N2O3/c1-5-16(3)26-23(29)17(4)27(13-18-8-9-19(24)12-21(18)25)22(28)14-30-20-10-6-15(2)7-11-20/h6-12,16-17H,5,13-14H2,1-4H3,(H,26,29)/t16-,17+/m0/s1. The maximum Gasteiger partial charge on any atom is 0.261 e. The van der Waals surface area contributed by atoms with Crippen molar-refractivity contribution in [1.82, 2.24) is 10.2 Å². The molecule has 30 heavy (non-hydrogen) atoms. The Morgan fingerprint density at radius 1 is 1.10 bits per heavy atom. The molecule has 0 unspecified atom stereocenters. The lowest BCUT2D eigenvalue weighted by atomic mass is 10.1. The van der Waals surface area contributed by atoms with Crippen molar-refractivity contribution in [2.45, 2.75) is 52.7 Å². The highest BCUT2D eigenvalue weighted by Crippen LogP contribution is 2.23. The maximum atomic E-state index is 13.0. The summed E-state index contributed by atoms with van der Waals surface area (Å²) in [6, 6.07) is 11.8. The predicted octanol–water partition coefficient (Wildman–Crippen LogP) is 5.01. The minimum absolute atomic E-state index is 0.0137. The van der Waals surface area contributed by atoms with Crippen molar-refractivity contribution in [2.24, 2.45) is 0 Å².